The van der Waals surface area contributed by atoms with Crippen LogP contribution in [-0.4, -0.2) is 9.58 Å². The van der Waals surface area contributed by atoms with Crippen LogP contribution in [0.15, 0.2) is 0 Å². The lowest BCUT2D eigenvalue weighted by Crippen LogP contribution is -2.35. The zero-order valence-electron chi connectivity index (χ0n) is 6.89. The van der Waals surface area contributed by atoms with Crippen molar-refractivity contribution in [1.29, 1.82) is 0 Å². The van der Waals surface area contributed by atoms with Crippen molar-refractivity contribution in [2.75, 3.05) is 0 Å². The average molecular weight is 268 g/mol. The molecular weight excluding hydrogens is 255 g/mol. The summed E-state index contributed by atoms with van der Waals surface area (Å²) in [6.45, 7) is 3.99. The van der Waals surface area contributed by atoms with Crippen LogP contribution in [0.2, 0.25) is 0 Å². The Balaban J connectivity index is 2.55. The summed E-state index contributed by atoms with van der Waals surface area (Å²) in [5.74, 6) is 0.133. The summed E-state index contributed by atoms with van der Waals surface area (Å²) in [7, 11) is 0. The monoisotopic (exact) mass is 268 g/mol. The fourth-order valence-electron chi connectivity index (χ4n) is 1.26. The van der Waals surface area contributed by atoms with Crippen LogP contribution in [-0.2, 0) is 9.53 Å². The van der Waals surface area contributed by atoms with Crippen LogP contribution in [0.25, 0.3) is 0 Å². The van der Waals surface area contributed by atoms with Gasteiger partial charge in [-0.1, -0.05) is 6.92 Å². The van der Waals surface area contributed by atoms with Crippen molar-refractivity contribution in [1.82, 2.24) is 0 Å². The van der Waals surface area contributed by atoms with Crippen LogP contribution in [0.1, 0.15) is 33.1 Å². The summed E-state index contributed by atoms with van der Waals surface area (Å²) in [6.07, 6.45) is 2.87. The molecule has 0 amide bonds. The minimum absolute atomic E-state index is 0.0179. The number of rotatable bonds is 1. The Hall–Kier alpha value is 0.200. The summed E-state index contributed by atoms with van der Waals surface area (Å²) in [5.41, 5.74) is 0. The fourth-order valence-corrected chi connectivity index (χ4v) is 1.79. The van der Waals surface area contributed by atoms with Gasteiger partial charge in [-0.3, -0.25) is 4.79 Å². The topological polar surface area (TPSA) is 26.3 Å². The number of alkyl halides is 1. The van der Waals surface area contributed by atoms with E-state index in [9.17, 15) is 4.79 Å². The maximum atomic E-state index is 11.2. The molecule has 1 rings (SSSR count). The maximum absolute atomic E-state index is 11.2. The van der Waals surface area contributed by atoms with Gasteiger partial charge >= 0.3 is 5.97 Å². The minimum atomic E-state index is -0.249. The van der Waals surface area contributed by atoms with Gasteiger partial charge in [0.05, 0.1) is 5.92 Å². The highest BCUT2D eigenvalue weighted by atomic mass is 127. The molecule has 2 nitrogen and oxygen atoms in total. The molecular formula is C8H13IO2. The van der Waals surface area contributed by atoms with E-state index in [0.29, 0.717) is 0 Å². The second kappa shape index (κ2) is 3.29. The number of halogens is 1. The van der Waals surface area contributed by atoms with Crippen LogP contribution in [0.3, 0.4) is 0 Å². The van der Waals surface area contributed by atoms with E-state index in [1.165, 1.54) is 0 Å². The Bertz CT molecular complexity index is 165. The van der Waals surface area contributed by atoms with Gasteiger partial charge in [-0.25, -0.2) is 0 Å². The molecule has 1 aliphatic rings. The zero-order chi connectivity index (χ0) is 8.48. The summed E-state index contributed by atoms with van der Waals surface area (Å²) in [6, 6.07) is 0. The summed E-state index contributed by atoms with van der Waals surface area (Å²) < 4.78 is 4.98. The number of hydrogen-bond donors (Lipinski definition) is 0. The highest BCUT2D eigenvalue weighted by molar-refractivity contribution is 14.1. The van der Waals surface area contributed by atoms with Gasteiger partial charge in [-0.2, -0.15) is 0 Å². The summed E-state index contributed by atoms with van der Waals surface area (Å²) >= 11 is 2.19. The molecule has 0 radical (unpaired) electrons. The van der Waals surface area contributed by atoms with Crippen molar-refractivity contribution in [2.24, 2.45) is 5.92 Å². The molecule has 0 saturated carbocycles. The van der Waals surface area contributed by atoms with Crippen LogP contribution >= 0.6 is 22.6 Å². The number of carbonyl (C=O) groups is 1. The largest absolute Gasteiger partial charge is 0.448 e. The number of carbonyl (C=O) groups excluding carboxylic acids is 1. The van der Waals surface area contributed by atoms with Crippen LogP contribution in [0.5, 0.6) is 0 Å². The first-order chi connectivity index (χ1) is 5.05. The molecule has 0 N–H and O–H groups in total. The van der Waals surface area contributed by atoms with Crippen molar-refractivity contribution < 1.29 is 9.53 Å². The molecule has 0 aliphatic carbocycles. The second-order valence-corrected chi connectivity index (χ2v) is 5.45. The summed E-state index contributed by atoms with van der Waals surface area (Å²) in [4.78, 5) is 11.2. The quantitative estimate of drug-likeness (QED) is 0.415. The van der Waals surface area contributed by atoms with E-state index in [1.807, 2.05) is 13.8 Å². The molecule has 0 aromatic rings. The van der Waals surface area contributed by atoms with Gasteiger partial charge in [0.2, 0.25) is 0 Å². The molecule has 1 saturated heterocycles. The molecule has 0 spiro atoms. The van der Waals surface area contributed by atoms with E-state index < -0.39 is 0 Å². The van der Waals surface area contributed by atoms with Gasteiger partial charge in [0, 0.05) is 0 Å². The van der Waals surface area contributed by atoms with Gasteiger partial charge in [-0.05, 0) is 48.8 Å². The zero-order valence-corrected chi connectivity index (χ0v) is 9.05. The molecule has 64 valence electrons. The van der Waals surface area contributed by atoms with Gasteiger partial charge in [0.1, 0.15) is 0 Å². The van der Waals surface area contributed by atoms with Crippen molar-refractivity contribution in [3.8, 4) is 0 Å². The predicted octanol–water partition coefficient (Wildman–Crippen LogP) is 2.50. The third-order valence-electron chi connectivity index (χ3n) is 2.08. The Morgan fingerprint density at radius 3 is 2.91 bits per heavy atom. The van der Waals surface area contributed by atoms with E-state index in [1.54, 1.807) is 0 Å². The smallest absolute Gasteiger partial charge is 0.310 e. The molecule has 2 atom stereocenters. The van der Waals surface area contributed by atoms with Gasteiger partial charge in [0.15, 0.2) is 3.61 Å². The molecule has 1 aliphatic heterocycles. The van der Waals surface area contributed by atoms with Gasteiger partial charge in [0.25, 0.3) is 0 Å². The Labute approximate surface area is 80.8 Å². The third-order valence-corrected chi connectivity index (χ3v) is 2.84. The molecule has 0 aromatic carbocycles. The first-order valence-electron chi connectivity index (χ1n) is 3.97. The van der Waals surface area contributed by atoms with E-state index in [4.69, 9.17) is 4.74 Å². The lowest BCUT2D eigenvalue weighted by atomic mass is 9.96. The van der Waals surface area contributed by atoms with E-state index in [2.05, 4.69) is 22.6 Å². The normalized spacial score (nSPS) is 38.5. The second-order valence-electron chi connectivity index (χ2n) is 3.17. The van der Waals surface area contributed by atoms with Crippen molar-refractivity contribution in [3.05, 3.63) is 0 Å². The first kappa shape index (κ1) is 9.29. The molecule has 1 fully saturated rings. The Kier molecular flexibility index (Phi) is 2.78. The van der Waals surface area contributed by atoms with E-state index in [0.717, 1.165) is 19.3 Å². The van der Waals surface area contributed by atoms with E-state index >= 15 is 0 Å². The highest BCUT2D eigenvalue weighted by Crippen LogP contribution is 2.34. The van der Waals surface area contributed by atoms with Crippen LogP contribution in [0.4, 0.5) is 0 Å². The number of ether oxygens (including phenoxy) is 1. The molecule has 0 bridgehead atoms. The molecule has 1 heterocycles. The average Bonchev–Trinajstić information content (AvgIpc) is 1.86. The molecule has 0 aromatic heterocycles. The number of hydrogen-bond acceptors (Lipinski definition) is 2. The lowest BCUT2D eigenvalue weighted by molar-refractivity contribution is -0.160. The number of cyclic esters (lactones) is 1. The lowest BCUT2D eigenvalue weighted by Gasteiger charge is -2.31. The molecule has 11 heavy (non-hydrogen) atoms. The minimum Gasteiger partial charge on any atom is -0.448 e. The van der Waals surface area contributed by atoms with E-state index in [-0.39, 0.29) is 15.5 Å². The SMILES string of the molecule is CC[C@H]1CC[C@@](C)(I)OC1=O. The highest BCUT2D eigenvalue weighted by Gasteiger charge is 2.34. The fraction of sp³-hybridized carbons (Fsp3) is 0.875. The van der Waals surface area contributed by atoms with Crippen LogP contribution < -0.4 is 0 Å². The van der Waals surface area contributed by atoms with Gasteiger partial charge < -0.3 is 4.74 Å². The maximum Gasteiger partial charge on any atom is 0.310 e. The van der Waals surface area contributed by atoms with Crippen molar-refractivity contribution >= 4 is 28.6 Å². The van der Waals surface area contributed by atoms with Crippen molar-refractivity contribution in [3.63, 3.8) is 0 Å². The standard InChI is InChI=1S/C8H13IO2/c1-3-6-4-5-8(2,9)11-7(6)10/h6H,3-5H2,1-2H3/t6-,8-/m0/s1. The Morgan fingerprint density at radius 2 is 2.45 bits per heavy atom. The molecule has 3 heteroatoms. The van der Waals surface area contributed by atoms with Gasteiger partial charge in [-0.15, -0.1) is 0 Å². The van der Waals surface area contributed by atoms with Crippen LogP contribution in [0, 0.1) is 5.92 Å². The predicted molar refractivity (Wildman–Crippen MR) is 51.5 cm³/mol. The summed E-state index contributed by atoms with van der Waals surface area (Å²) in [5, 5.41) is 0. The first-order valence-corrected chi connectivity index (χ1v) is 5.05. The van der Waals surface area contributed by atoms with Crippen molar-refractivity contribution in [2.45, 2.75) is 36.7 Å². The number of esters is 1. The molecule has 0 unspecified atom stereocenters. The third kappa shape index (κ3) is 2.32. The Morgan fingerprint density at radius 1 is 1.82 bits per heavy atom.